The van der Waals surface area contributed by atoms with E-state index >= 15 is 0 Å². The Morgan fingerprint density at radius 2 is 2.05 bits per heavy atom. The number of hydrogen-bond acceptors (Lipinski definition) is 3. The summed E-state index contributed by atoms with van der Waals surface area (Å²) in [5.41, 5.74) is 1.36. The molecule has 0 unspecified atom stereocenters. The number of rotatable bonds is 5. The van der Waals surface area contributed by atoms with E-state index in [1.54, 1.807) is 0 Å². The third kappa shape index (κ3) is 3.66. The second-order valence-electron chi connectivity index (χ2n) is 5.28. The van der Waals surface area contributed by atoms with Crippen LogP contribution in [0.1, 0.15) is 18.4 Å². The number of aromatic nitrogens is 2. The molecule has 1 heterocycles. The quantitative estimate of drug-likeness (QED) is 0.875. The normalized spacial score (nSPS) is 14.2. The van der Waals surface area contributed by atoms with Gasteiger partial charge < -0.3 is 5.32 Å². The van der Waals surface area contributed by atoms with E-state index in [9.17, 15) is 4.79 Å². The van der Waals surface area contributed by atoms with Crippen LogP contribution in [-0.4, -0.2) is 9.78 Å². The van der Waals surface area contributed by atoms with Crippen molar-refractivity contribution in [2.45, 2.75) is 25.9 Å². The molecule has 1 aromatic carbocycles. The summed E-state index contributed by atoms with van der Waals surface area (Å²) in [5.74, 6) is 0.593. The molecule has 3 rings (SSSR count). The van der Waals surface area contributed by atoms with Gasteiger partial charge in [0.1, 0.15) is 5.69 Å². The van der Waals surface area contributed by atoms with Crippen molar-refractivity contribution >= 4 is 33.2 Å². The summed E-state index contributed by atoms with van der Waals surface area (Å²) in [6.45, 7) is 1.23. The molecule has 21 heavy (non-hydrogen) atoms. The van der Waals surface area contributed by atoms with Crippen LogP contribution in [0.2, 0.25) is 5.02 Å². The third-order valence-electron chi connectivity index (χ3n) is 3.51. The molecule has 0 atom stereocenters. The van der Waals surface area contributed by atoms with Gasteiger partial charge in [0, 0.05) is 17.6 Å². The Morgan fingerprint density at radius 1 is 1.33 bits per heavy atom. The Bertz CT molecular complexity index is 695. The molecule has 0 aliphatic heterocycles. The van der Waals surface area contributed by atoms with Crippen LogP contribution in [0, 0.1) is 5.92 Å². The Balaban J connectivity index is 1.77. The van der Waals surface area contributed by atoms with Crippen LogP contribution in [0.25, 0.3) is 0 Å². The zero-order chi connectivity index (χ0) is 14.8. The molecule has 1 saturated carbocycles. The van der Waals surface area contributed by atoms with Crippen LogP contribution >= 0.6 is 27.5 Å². The highest BCUT2D eigenvalue weighted by molar-refractivity contribution is 9.10. The number of benzene rings is 1. The predicted octanol–water partition coefficient (Wildman–Crippen LogP) is 3.68. The molecular formula is C15H15BrClN3O. The lowest BCUT2D eigenvalue weighted by atomic mass is 10.2. The summed E-state index contributed by atoms with van der Waals surface area (Å²) in [6.07, 6.45) is 3.89. The first-order chi connectivity index (χ1) is 10.1. The summed E-state index contributed by atoms with van der Waals surface area (Å²) in [4.78, 5) is 12.4. The van der Waals surface area contributed by atoms with E-state index in [2.05, 4.69) is 26.3 Å². The maximum Gasteiger partial charge on any atom is 0.291 e. The predicted molar refractivity (Wildman–Crippen MR) is 87.7 cm³/mol. The van der Waals surface area contributed by atoms with Crippen molar-refractivity contribution in [3.8, 4) is 0 Å². The topological polar surface area (TPSA) is 46.9 Å². The van der Waals surface area contributed by atoms with Crippen LogP contribution in [0.4, 0.5) is 5.69 Å². The molecular weight excluding hydrogens is 354 g/mol. The van der Waals surface area contributed by atoms with Gasteiger partial charge in [-0.05, 0) is 36.5 Å². The first-order valence-electron chi connectivity index (χ1n) is 6.87. The van der Waals surface area contributed by atoms with E-state index in [0.717, 1.165) is 10.0 Å². The molecule has 110 valence electrons. The standard InChI is InChI=1S/C15H15BrClN3O/c16-12-5-3-10(4-6-12)7-18-14-13(17)8-19-20(15(14)21)9-11-1-2-11/h3-6,8,11,18H,1-2,7,9H2. The monoisotopic (exact) mass is 367 g/mol. The Hall–Kier alpha value is -1.33. The van der Waals surface area contributed by atoms with Crippen molar-refractivity contribution in [1.82, 2.24) is 9.78 Å². The molecule has 1 N–H and O–H groups in total. The molecule has 2 aromatic rings. The van der Waals surface area contributed by atoms with E-state index in [4.69, 9.17) is 11.6 Å². The van der Waals surface area contributed by atoms with Crippen molar-refractivity contribution in [1.29, 1.82) is 0 Å². The Kier molecular flexibility index (Phi) is 4.31. The second kappa shape index (κ2) is 6.20. The summed E-state index contributed by atoms with van der Waals surface area (Å²) < 4.78 is 2.54. The molecule has 1 fully saturated rings. The lowest BCUT2D eigenvalue weighted by molar-refractivity contribution is 0.534. The van der Waals surface area contributed by atoms with E-state index in [-0.39, 0.29) is 5.56 Å². The minimum absolute atomic E-state index is 0.147. The van der Waals surface area contributed by atoms with E-state index in [1.807, 2.05) is 24.3 Å². The van der Waals surface area contributed by atoms with Crippen molar-refractivity contribution in [2.24, 2.45) is 5.92 Å². The number of hydrogen-bond donors (Lipinski definition) is 1. The van der Waals surface area contributed by atoms with Gasteiger partial charge in [-0.2, -0.15) is 5.10 Å². The van der Waals surface area contributed by atoms with E-state index < -0.39 is 0 Å². The molecule has 6 heteroatoms. The summed E-state index contributed by atoms with van der Waals surface area (Å²) in [5, 5.41) is 7.61. The third-order valence-corrected chi connectivity index (χ3v) is 4.32. The fraction of sp³-hybridized carbons (Fsp3) is 0.333. The molecule has 0 saturated heterocycles. The van der Waals surface area contributed by atoms with Gasteiger partial charge >= 0.3 is 0 Å². The number of nitrogens with zero attached hydrogens (tertiary/aromatic N) is 2. The van der Waals surface area contributed by atoms with Gasteiger partial charge in [0.05, 0.1) is 11.2 Å². The molecule has 1 aliphatic carbocycles. The van der Waals surface area contributed by atoms with Gasteiger partial charge in [-0.25, -0.2) is 4.68 Å². The fourth-order valence-electron chi connectivity index (χ4n) is 2.10. The number of nitrogens with one attached hydrogen (secondary N) is 1. The zero-order valence-corrected chi connectivity index (χ0v) is 13.7. The Morgan fingerprint density at radius 3 is 2.71 bits per heavy atom. The van der Waals surface area contributed by atoms with Gasteiger partial charge in [-0.1, -0.05) is 39.7 Å². The van der Waals surface area contributed by atoms with Crippen LogP contribution < -0.4 is 10.9 Å². The molecule has 1 aromatic heterocycles. The molecule has 0 spiro atoms. The highest BCUT2D eigenvalue weighted by Crippen LogP contribution is 2.30. The average molecular weight is 369 g/mol. The lowest BCUT2D eigenvalue weighted by Crippen LogP contribution is -2.26. The molecule has 0 radical (unpaired) electrons. The summed E-state index contributed by atoms with van der Waals surface area (Å²) >= 11 is 9.50. The van der Waals surface area contributed by atoms with Crippen LogP contribution in [-0.2, 0) is 13.1 Å². The largest absolute Gasteiger partial charge is 0.375 e. The average Bonchev–Trinajstić information content (AvgIpc) is 3.28. The molecule has 0 amide bonds. The van der Waals surface area contributed by atoms with Gasteiger partial charge in [-0.3, -0.25) is 4.79 Å². The first kappa shape index (κ1) is 14.6. The molecule has 0 bridgehead atoms. The summed E-state index contributed by atoms with van der Waals surface area (Å²) in [6, 6.07) is 7.93. The number of anilines is 1. The first-order valence-corrected chi connectivity index (χ1v) is 8.04. The van der Waals surface area contributed by atoms with Crippen molar-refractivity contribution in [2.75, 3.05) is 5.32 Å². The second-order valence-corrected chi connectivity index (χ2v) is 6.60. The smallest absolute Gasteiger partial charge is 0.291 e. The van der Waals surface area contributed by atoms with Gasteiger partial charge in [0.25, 0.3) is 5.56 Å². The minimum Gasteiger partial charge on any atom is -0.375 e. The molecule has 4 nitrogen and oxygen atoms in total. The van der Waals surface area contributed by atoms with Crippen LogP contribution in [0.15, 0.2) is 39.7 Å². The maximum atomic E-state index is 12.4. The lowest BCUT2D eigenvalue weighted by Gasteiger charge is -2.10. The van der Waals surface area contributed by atoms with Gasteiger partial charge in [0.2, 0.25) is 0 Å². The minimum atomic E-state index is -0.147. The maximum absolute atomic E-state index is 12.4. The van der Waals surface area contributed by atoms with Crippen molar-refractivity contribution < 1.29 is 0 Å². The summed E-state index contributed by atoms with van der Waals surface area (Å²) in [7, 11) is 0. The fourth-order valence-corrected chi connectivity index (χ4v) is 2.55. The highest BCUT2D eigenvalue weighted by atomic mass is 79.9. The molecule has 1 aliphatic rings. The van der Waals surface area contributed by atoms with Gasteiger partial charge in [0.15, 0.2) is 0 Å². The SMILES string of the molecule is O=c1c(NCc2ccc(Br)cc2)c(Cl)cnn1CC1CC1. The van der Waals surface area contributed by atoms with E-state index in [0.29, 0.717) is 29.7 Å². The Labute approximate surface area is 136 Å². The van der Waals surface area contributed by atoms with Crippen LogP contribution in [0.5, 0.6) is 0 Å². The van der Waals surface area contributed by atoms with Gasteiger partial charge in [-0.15, -0.1) is 0 Å². The van der Waals surface area contributed by atoms with E-state index in [1.165, 1.54) is 23.7 Å². The zero-order valence-electron chi connectivity index (χ0n) is 11.4. The highest BCUT2D eigenvalue weighted by Gasteiger charge is 2.23. The van der Waals surface area contributed by atoms with Crippen LogP contribution in [0.3, 0.4) is 0 Å². The van der Waals surface area contributed by atoms with Crippen molar-refractivity contribution in [3.05, 3.63) is 55.9 Å². The van der Waals surface area contributed by atoms with Crippen molar-refractivity contribution in [3.63, 3.8) is 0 Å². The number of halogens is 2.